The van der Waals surface area contributed by atoms with E-state index < -0.39 is 0 Å². The molecule has 0 spiro atoms. The zero-order chi connectivity index (χ0) is 18.4. The van der Waals surface area contributed by atoms with Crippen molar-refractivity contribution in [3.8, 4) is 0 Å². The fraction of sp³-hybridized carbons (Fsp3) is 0.400. The van der Waals surface area contributed by atoms with Gasteiger partial charge in [0.05, 0.1) is 10.9 Å². The molecule has 1 atom stereocenters. The number of hydrogen-bond acceptors (Lipinski definition) is 3. The Morgan fingerprint density at radius 3 is 2.60 bits per heavy atom. The molecule has 2 N–H and O–H groups in total. The van der Waals surface area contributed by atoms with Crippen LogP contribution in [0.25, 0.3) is 0 Å². The third kappa shape index (κ3) is 5.16. The standard InChI is InChI=1S/C20H26N2O2S/c1-5-8-18-15(6-2)12-19(25-18)20(24)21-13(3)16-9-7-10-17(11-16)22-14(4)23/h7,9-13H,5-6,8H2,1-4H3,(H,21,24)(H,22,23)/t13-/m1/s1. The Morgan fingerprint density at radius 1 is 1.20 bits per heavy atom. The molecular weight excluding hydrogens is 332 g/mol. The molecule has 25 heavy (non-hydrogen) atoms. The Labute approximate surface area is 153 Å². The van der Waals surface area contributed by atoms with E-state index in [-0.39, 0.29) is 17.9 Å². The summed E-state index contributed by atoms with van der Waals surface area (Å²) in [5.74, 6) is -0.151. The van der Waals surface area contributed by atoms with E-state index in [9.17, 15) is 9.59 Å². The van der Waals surface area contributed by atoms with Crippen LogP contribution in [0.1, 0.15) is 65.8 Å². The van der Waals surface area contributed by atoms with Crippen molar-refractivity contribution < 1.29 is 9.59 Å². The van der Waals surface area contributed by atoms with Crippen LogP contribution < -0.4 is 10.6 Å². The van der Waals surface area contributed by atoms with Crippen LogP contribution in [0.5, 0.6) is 0 Å². The number of benzene rings is 1. The van der Waals surface area contributed by atoms with Gasteiger partial charge in [-0.15, -0.1) is 11.3 Å². The van der Waals surface area contributed by atoms with Gasteiger partial charge in [0.1, 0.15) is 0 Å². The Hall–Kier alpha value is -2.14. The lowest BCUT2D eigenvalue weighted by molar-refractivity contribution is -0.114. The predicted molar refractivity (Wildman–Crippen MR) is 104 cm³/mol. The molecule has 2 amide bonds. The first-order valence-electron chi connectivity index (χ1n) is 8.74. The molecule has 4 nitrogen and oxygen atoms in total. The van der Waals surface area contributed by atoms with Crippen molar-refractivity contribution in [1.29, 1.82) is 0 Å². The smallest absolute Gasteiger partial charge is 0.261 e. The molecule has 0 saturated carbocycles. The number of anilines is 1. The Morgan fingerprint density at radius 2 is 1.96 bits per heavy atom. The van der Waals surface area contributed by atoms with Crippen molar-refractivity contribution in [3.05, 3.63) is 51.2 Å². The number of carbonyl (C=O) groups is 2. The van der Waals surface area contributed by atoms with Gasteiger partial charge in [0.15, 0.2) is 0 Å². The van der Waals surface area contributed by atoms with Crippen molar-refractivity contribution in [3.63, 3.8) is 0 Å². The molecule has 1 heterocycles. The van der Waals surface area contributed by atoms with Crippen LogP contribution in [0.3, 0.4) is 0 Å². The lowest BCUT2D eigenvalue weighted by Gasteiger charge is -2.15. The SMILES string of the molecule is CCCc1sc(C(=O)N[C@H](C)c2cccc(NC(C)=O)c2)cc1CC. The van der Waals surface area contributed by atoms with Gasteiger partial charge < -0.3 is 10.6 Å². The third-order valence-electron chi connectivity index (χ3n) is 4.03. The van der Waals surface area contributed by atoms with Crippen molar-refractivity contribution >= 4 is 28.8 Å². The van der Waals surface area contributed by atoms with Crippen LogP contribution in [0.2, 0.25) is 0 Å². The highest BCUT2D eigenvalue weighted by molar-refractivity contribution is 7.14. The Bertz CT molecular complexity index is 752. The van der Waals surface area contributed by atoms with Crippen LogP contribution in [-0.2, 0) is 17.6 Å². The predicted octanol–water partition coefficient (Wildman–Crippen LogP) is 4.71. The van der Waals surface area contributed by atoms with Crippen LogP contribution in [-0.4, -0.2) is 11.8 Å². The first kappa shape index (κ1) is 19.2. The van der Waals surface area contributed by atoms with E-state index in [2.05, 4.69) is 24.5 Å². The average molecular weight is 359 g/mol. The zero-order valence-electron chi connectivity index (χ0n) is 15.3. The second kappa shape index (κ2) is 8.81. The summed E-state index contributed by atoms with van der Waals surface area (Å²) in [5.41, 5.74) is 2.97. The highest BCUT2D eigenvalue weighted by atomic mass is 32.1. The lowest BCUT2D eigenvalue weighted by Crippen LogP contribution is -2.26. The third-order valence-corrected chi connectivity index (χ3v) is 5.27. The molecule has 0 radical (unpaired) electrons. The average Bonchev–Trinajstić information content (AvgIpc) is 2.98. The van der Waals surface area contributed by atoms with Gasteiger partial charge in [0.25, 0.3) is 5.91 Å². The minimum atomic E-state index is -0.136. The zero-order valence-corrected chi connectivity index (χ0v) is 16.1. The fourth-order valence-corrected chi connectivity index (χ4v) is 4.02. The first-order chi connectivity index (χ1) is 11.9. The van der Waals surface area contributed by atoms with Gasteiger partial charge >= 0.3 is 0 Å². The minimum Gasteiger partial charge on any atom is -0.345 e. The topological polar surface area (TPSA) is 58.2 Å². The Balaban J connectivity index is 2.11. The molecule has 0 aliphatic rings. The lowest BCUT2D eigenvalue weighted by atomic mass is 10.1. The monoisotopic (exact) mass is 358 g/mol. The molecule has 0 fully saturated rings. The number of thiophene rings is 1. The van der Waals surface area contributed by atoms with Crippen molar-refractivity contribution in [2.24, 2.45) is 0 Å². The number of carbonyl (C=O) groups excluding carboxylic acids is 2. The van der Waals surface area contributed by atoms with E-state index in [0.29, 0.717) is 0 Å². The van der Waals surface area contributed by atoms with Gasteiger partial charge in [-0.1, -0.05) is 32.4 Å². The molecule has 1 aromatic heterocycles. The Kier molecular flexibility index (Phi) is 6.76. The summed E-state index contributed by atoms with van der Waals surface area (Å²) < 4.78 is 0. The van der Waals surface area contributed by atoms with Crippen LogP contribution >= 0.6 is 11.3 Å². The molecule has 0 bridgehead atoms. The van der Waals surface area contributed by atoms with Crippen LogP contribution in [0.15, 0.2) is 30.3 Å². The highest BCUT2D eigenvalue weighted by Gasteiger charge is 2.16. The summed E-state index contributed by atoms with van der Waals surface area (Å²) in [6, 6.07) is 9.44. The van der Waals surface area contributed by atoms with Crippen molar-refractivity contribution in [1.82, 2.24) is 5.32 Å². The molecule has 1 aromatic carbocycles. The highest BCUT2D eigenvalue weighted by Crippen LogP contribution is 2.25. The maximum atomic E-state index is 12.6. The largest absolute Gasteiger partial charge is 0.345 e. The molecule has 134 valence electrons. The van der Waals surface area contributed by atoms with Crippen LogP contribution in [0.4, 0.5) is 5.69 Å². The van der Waals surface area contributed by atoms with Gasteiger partial charge in [-0.25, -0.2) is 0 Å². The molecule has 0 unspecified atom stereocenters. The summed E-state index contributed by atoms with van der Waals surface area (Å²) in [6.45, 7) is 7.71. The number of nitrogens with one attached hydrogen (secondary N) is 2. The number of amides is 2. The number of aryl methyl sites for hydroxylation is 2. The molecule has 2 rings (SSSR count). The quantitative estimate of drug-likeness (QED) is 0.753. The molecule has 5 heteroatoms. The summed E-state index contributed by atoms with van der Waals surface area (Å²) >= 11 is 1.60. The number of hydrogen-bond donors (Lipinski definition) is 2. The normalized spacial score (nSPS) is 11.8. The van der Waals surface area contributed by atoms with Crippen LogP contribution in [0, 0.1) is 0 Å². The second-order valence-corrected chi connectivity index (χ2v) is 7.30. The van der Waals surface area contributed by atoms with Gasteiger partial charge in [-0.05, 0) is 49.1 Å². The van der Waals surface area contributed by atoms with E-state index in [1.165, 1.54) is 17.4 Å². The molecule has 0 aliphatic carbocycles. The summed E-state index contributed by atoms with van der Waals surface area (Å²) in [7, 11) is 0. The van der Waals surface area contributed by atoms with Crippen molar-refractivity contribution in [2.45, 2.75) is 53.0 Å². The summed E-state index contributed by atoms with van der Waals surface area (Å²) in [5, 5.41) is 5.83. The molecular formula is C20H26N2O2S. The maximum Gasteiger partial charge on any atom is 0.261 e. The van der Waals surface area contributed by atoms with E-state index in [1.54, 1.807) is 11.3 Å². The summed E-state index contributed by atoms with van der Waals surface area (Å²) in [6.07, 6.45) is 3.06. The van der Waals surface area contributed by atoms with Gasteiger partial charge in [0.2, 0.25) is 5.91 Å². The second-order valence-electron chi connectivity index (χ2n) is 6.16. The molecule has 2 aromatic rings. The van der Waals surface area contributed by atoms with Crippen molar-refractivity contribution in [2.75, 3.05) is 5.32 Å². The first-order valence-corrected chi connectivity index (χ1v) is 9.56. The fourth-order valence-electron chi connectivity index (χ4n) is 2.76. The minimum absolute atomic E-state index is 0.0421. The van der Waals surface area contributed by atoms with E-state index in [0.717, 1.165) is 35.4 Å². The van der Waals surface area contributed by atoms with Gasteiger partial charge in [-0.2, -0.15) is 0 Å². The molecule has 0 aliphatic heterocycles. The molecule has 0 saturated heterocycles. The van der Waals surface area contributed by atoms with E-state index in [1.807, 2.05) is 37.3 Å². The van der Waals surface area contributed by atoms with E-state index in [4.69, 9.17) is 0 Å². The van der Waals surface area contributed by atoms with Gasteiger partial charge in [0, 0.05) is 17.5 Å². The number of rotatable bonds is 7. The summed E-state index contributed by atoms with van der Waals surface area (Å²) in [4.78, 5) is 25.9. The van der Waals surface area contributed by atoms with E-state index >= 15 is 0 Å². The maximum absolute atomic E-state index is 12.6. The van der Waals surface area contributed by atoms with Gasteiger partial charge in [-0.3, -0.25) is 9.59 Å².